The molecule has 118 valence electrons. The van der Waals surface area contributed by atoms with Crippen molar-refractivity contribution in [3.8, 4) is 0 Å². The molecule has 0 saturated carbocycles. The van der Waals surface area contributed by atoms with Crippen molar-refractivity contribution in [2.75, 3.05) is 32.8 Å². The van der Waals surface area contributed by atoms with Gasteiger partial charge in [0.15, 0.2) is 0 Å². The summed E-state index contributed by atoms with van der Waals surface area (Å²) in [6, 6.07) is 8.98. The number of rotatable bonds is 7. The summed E-state index contributed by atoms with van der Waals surface area (Å²) < 4.78 is 7.20. The molecule has 1 aliphatic heterocycles. The van der Waals surface area contributed by atoms with E-state index in [1.807, 2.05) is 0 Å². The predicted molar refractivity (Wildman–Crippen MR) is 91.8 cm³/mol. The molecular weight excluding hydrogens is 328 g/mol. The molecule has 0 radical (unpaired) electrons. The Bertz CT molecular complexity index is 427. The molecule has 2 atom stereocenters. The minimum absolute atomic E-state index is 0.282. The molecule has 1 saturated heterocycles. The monoisotopic (exact) mass is 354 g/mol. The summed E-state index contributed by atoms with van der Waals surface area (Å²) in [5.41, 5.74) is 1.36. The first-order valence-corrected chi connectivity index (χ1v) is 8.84. The zero-order chi connectivity index (χ0) is 15.1. The fourth-order valence-corrected chi connectivity index (χ4v) is 3.29. The fraction of sp³-hybridized carbons (Fsp3) is 0.647. The maximum absolute atomic E-state index is 6.06. The van der Waals surface area contributed by atoms with Crippen molar-refractivity contribution >= 4 is 15.9 Å². The van der Waals surface area contributed by atoms with E-state index in [1.54, 1.807) is 0 Å². The Balaban J connectivity index is 2.02. The SMILES string of the molecule is CCCNC(Cc1cccc(Br)c1)C1CN(CC)CCO1. The lowest BCUT2D eigenvalue weighted by atomic mass is 9.99. The number of likely N-dealkylation sites (N-methyl/N-ethyl adjacent to an activating group) is 1. The van der Waals surface area contributed by atoms with Gasteiger partial charge < -0.3 is 10.1 Å². The third-order valence-electron chi connectivity index (χ3n) is 4.07. The molecule has 4 heteroatoms. The molecule has 21 heavy (non-hydrogen) atoms. The van der Waals surface area contributed by atoms with Crippen LogP contribution in [0.3, 0.4) is 0 Å². The second-order valence-electron chi connectivity index (χ2n) is 5.70. The van der Waals surface area contributed by atoms with E-state index in [1.165, 1.54) is 5.56 Å². The molecule has 0 amide bonds. The van der Waals surface area contributed by atoms with Crippen molar-refractivity contribution < 1.29 is 4.74 Å². The van der Waals surface area contributed by atoms with Gasteiger partial charge in [0.1, 0.15) is 0 Å². The molecule has 1 fully saturated rings. The molecular formula is C17H27BrN2O. The van der Waals surface area contributed by atoms with E-state index in [0.29, 0.717) is 6.04 Å². The lowest BCUT2D eigenvalue weighted by Gasteiger charge is -2.37. The number of morpholine rings is 1. The second-order valence-corrected chi connectivity index (χ2v) is 6.61. The highest BCUT2D eigenvalue weighted by atomic mass is 79.9. The lowest BCUT2D eigenvalue weighted by Crippen LogP contribution is -2.53. The van der Waals surface area contributed by atoms with Crippen LogP contribution < -0.4 is 5.32 Å². The Labute approximate surface area is 137 Å². The molecule has 2 unspecified atom stereocenters. The molecule has 0 spiro atoms. The Kier molecular flexibility index (Phi) is 7.17. The Morgan fingerprint density at radius 3 is 3.00 bits per heavy atom. The van der Waals surface area contributed by atoms with Gasteiger partial charge in [-0.25, -0.2) is 0 Å². The lowest BCUT2D eigenvalue weighted by molar-refractivity contribution is -0.0447. The number of ether oxygens (including phenoxy) is 1. The summed E-state index contributed by atoms with van der Waals surface area (Å²) in [6.45, 7) is 9.54. The standard InChI is InChI=1S/C17H27BrN2O/c1-3-8-19-16(12-14-6-5-7-15(18)11-14)17-13-20(4-2)9-10-21-17/h5-7,11,16-17,19H,3-4,8-10,12-13H2,1-2H3. The number of benzene rings is 1. The van der Waals surface area contributed by atoms with Crippen LogP contribution in [0.2, 0.25) is 0 Å². The molecule has 1 aliphatic rings. The quantitative estimate of drug-likeness (QED) is 0.814. The first-order chi connectivity index (χ1) is 10.2. The molecule has 0 aliphatic carbocycles. The second kappa shape index (κ2) is 8.89. The molecule has 1 aromatic carbocycles. The summed E-state index contributed by atoms with van der Waals surface area (Å²) in [7, 11) is 0. The maximum atomic E-state index is 6.06. The van der Waals surface area contributed by atoms with Crippen LogP contribution in [0.4, 0.5) is 0 Å². The number of nitrogens with one attached hydrogen (secondary N) is 1. The van der Waals surface area contributed by atoms with Crippen LogP contribution >= 0.6 is 15.9 Å². The average molecular weight is 355 g/mol. The summed E-state index contributed by atoms with van der Waals surface area (Å²) >= 11 is 3.56. The molecule has 0 bridgehead atoms. The Morgan fingerprint density at radius 2 is 2.29 bits per heavy atom. The van der Waals surface area contributed by atoms with Crippen LogP contribution in [0.25, 0.3) is 0 Å². The fourth-order valence-electron chi connectivity index (χ4n) is 2.84. The normalized spacial score (nSPS) is 21.4. The van der Waals surface area contributed by atoms with Crippen molar-refractivity contribution in [2.45, 2.75) is 38.8 Å². The third kappa shape index (κ3) is 5.37. The van der Waals surface area contributed by atoms with E-state index in [2.05, 4.69) is 64.3 Å². The maximum Gasteiger partial charge on any atom is 0.0858 e. The summed E-state index contributed by atoms with van der Waals surface area (Å²) in [5, 5.41) is 3.68. The van der Waals surface area contributed by atoms with Gasteiger partial charge in [0.2, 0.25) is 0 Å². The van der Waals surface area contributed by atoms with Crippen LogP contribution in [-0.4, -0.2) is 49.8 Å². The Morgan fingerprint density at radius 1 is 1.43 bits per heavy atom. The molecule has 1 N–H and O–H groups in total. The van der Waals surface area contributed by atoms with Gasteiger partial charge in [0.05, 0.1) is 12.7 Å². The molecule has 0 aromatic heterocycles. The van der Waals surface area contributed by atoms with Gasteiger partial charge in [0, 0.05) is 23.6 Å². The zero-order valence-corrected chi connectivity index (χ0v) is 14.7. The van der Waals surface area contributed by atoms with E-state index in [4.69, 9.17) is 4.74 Å². The van der Waals surface area contributed by atoms with E-state index in [0.717, 1.165) is 50.1 Å². The highest BCUT2D eigenvalue weighted by molar-refractivity contribution is 9.10. The minimum atomic E-state index is 0.282. The van der Waals surface area contributed by atoms with E-state index in [9.17, 15) is 0 Å². The predicted octanol–water partition coefficient (Wildman–Crippen LogP) is 3.08. The van der Waals surface area contributed by atoms with Crippen LogP contribution in [0.5, 0.6) is 0 Å². The first kappa shape index (κ1) is 16.9. The number of halogens is 1. The number of hydrogen-bond donors (Lipinski definition) is 1. The third-order valence-corrected chi connectivity index (χ3v) is 4.57. The van der Waals surface area contributed by atoms with Crippen molar-refractivity contribution in [1.29, 1.82) is 0 Å². The van der Waals surface area contributed by atoms with Gasteiger partial charge in [-0.3, -0.25) is 4.90 Å². The van der Waals surface area contributed by atoms with Gasteiger partial charge in [-0.15, -0.1) is 0 Å². The van der Waals surface area contributed by atoms with Crippen molar-refractivity contribution in [1.82, 2.24) is 10.2 Å². The number of nitrogens with zero attached hydrogens (tertiary/aromatic N) is 1. The first-order valence-electron chi connectivity index (χ1n) is 8.04. The van der Waals surface area contributed by atoms with Gasteiger partial charge in [-0.2, -0.15) is 0 Å². The van der Waals surface area contributed by atoms with Crippen molar-refractivity contribution in [3.05, 3.63) is 34.3 Å². The summed E-state index contributed by atoms with van der Waals surface area (Å²) in [6.07, 6.45) is 2.45. The largest absolute Gasteiger partial charge is 0.374 e. The topological polar surface area (TPSA) is 24.5 Å². The molecule has 3 nitrogen and oxygen atoms in total. The van der Waals surface area contributed by atoms with Crippen LogP contribution in [0.1, 0.15) is 25.8 Å². The van der Waals surface area contributed by atoms with E-state index >= 15 is 0 Å². The summed E-state index contributed by atoms with van der Waals surface area (Å²) in [5.74, 6) is 0. The van der Waals surface area contributed by atoms with Gasteiger partial charge >= 0.3 is 0 Å². The van der Waals surface area contributed by atoms with Crippen LogP contribution in [0, 0.1) is 0 Å². The minimum Gasteiger partial charge on any atom is -0.374 e. The highest BCUT2D eigenvalue weighted by Gasteiger charge is 2.27. The van der Waals surface area contributed by atoms with Gasteiger partial charge in [-0.05, 0) is 43.6 Å². The van der Waals surface area contributed by atoms with E-state index < -0.39 is 0 Å². The van der Waals surface area contributed by atoms with Gasteiger partial charge in [0.25, 0.3) is 0 Å². The zero-order valence-electron chi connectivity index (χ0n) is 13.1. The van der Waals surface area contributed by atoms with Crippen molar-refractivity contribution in [3.63, 3.8) is 0 Å². The van der Waals surface area contributed by atoms with E-state index in [-0.39, 0.29) is 6.10 Å². The average Bonchev–Trinajstić information content (AvgIpc) is 2.51. The van der Waals surface area contributed by atoms with Crippen LogP contribution in [-0.2, 0) is 11.2 Å². The molecule has 2 rings (SSSR count). The smallest absolute Gasteiger partial charge is 0.0858 e. The molecule has 1 heterocycles. The van der Waals surface area contributed by atoms with Gasteiger partial charge in [-0.1, -0.05) is 41.9 Å². The number of hydrogen-bond acceptors (Lipinski definition) is 3. The highest BCUT2D eigenvalue weighted by Crippen LogP contribution is 2.17. The van der Waals surface area contributed by atoms with Crippen LogP contribution in [0.15, 0.2) is 28.7 Å². The molecule has 1 aromatic rings. The summed E-state index contributed by atoms with van der Waals surface area (Å²) in [4.78, 5) is 2.48. The Hall–Kier alpha value is -0.420. The van der Waals surface area contributed by atoms with Crippen molar-refractivity contribution in [2.24, 2.45) is 0 Å².